The van der Waals surface area contributed by atoms with Gasteiger partial charge < -0.3 is 5.32 Å². The van der Waals surface area contributed by atoms with Crippen LogP contribution in [0, 0.1) is 0 Å². The van der Waals surface area contributed by atoms with Crippen LogP contribution in [-0.2, 0) is 4.79 Å². The zero-order chi connectivity index (χ0) is 13.7. The summed E-state index contributed by atoms with van der Waals surface area (Å²) < 4.78 is 0. The number of amides is 1. The van der Waals surface area contributed by atoms with Crippen LogP contribution in [0.1, 0.15) is 39.3 Å². The molecular formula is C14H21ClN2O. The van der Waals surface area contributed by atoms with Gasteiger partial charge in [-0.1, -0.05) is 23.7 Å². The molecule has 1 aromatic rings. The van der Waals surface area contributed by atoms with Gasteiger partial charge in [-0.3, -0.25) is 10.1 Å². The van der Waals surface area contributed by atoms with E-state index in [0.717, 1.165) is 5.56 Å². The molecule has 0 spiro atoms. The van der Waals surface area contributed by atoms with Gasteiger partial charge in [0.05, 0.1) is 6.04 Å². The molecule has 0 fully saturated rings. The number of hydrogen-bond acceptors (Lipinski definition) is 2. The van der Waals surface area contributed by atoms with E-state index >= 15 is 0 Å². The molecule has 0 aliphatic carbocycles. The zero-order valence-corrected chi connectivity index (χ0v) is 12.1. The topological polar surface area (TPSA) is 41.1 Å². The van der Waals surface area contributed by atoms with E-state index in [1.165, 1.54) is 0 Å². The quantitative estimate of drug-likeness (QED) is 0.862. The molecule has 1 amide bonds. The van der Waals surface area contributed by atoms with E-state index in [9.17, 15) is 4.79 Å². The zero-order valence-electron chi connectivity index (χ0n) is 11.3. The predicted octanol–water partition coefficient (Wildman–Crippen LogP) is 2.90. The Kier molecular flexibility index (Phi) is 5.63. The maximum Gasteiger partial charge on any atom is 0.237 e. The van der Waals surface area contributed by atoms with Crippen LogP contribution in [0.5, 0.6) is 0 Å². The lowest BCUT2D eigenvalue weighted by molar-refractivity contribution is -0.123. The molecule has 2 N–H and O–H groups in total. The van der Waals surface area contributed by atoms with Crippen LogP contribution in [-0.4, -0.2) is 18.0 Å². The summed E-state index contributed by atoms with van der Waals surface area (Å²) in [5, 5.41) is 6.85. The average Bonchev–Trinajstić information content (AvgIpc) is 2.27. The fourth-order valence-electron chi connectivity index (χ4n) is 1.73. The van der Waals surface area contributed by atoms with Gasteiger partial charge in [-0.15, -0.1) is 0 Å². The maximum absolute atomic E-state index is 11.8. The summed E-state index contributed by atoms with van der Waals surface area (Å²) in [5.41, 5.74) is 1.08. The summed E-state index contributed by atoms with van der Waals surface area (Å²) in [5.74, 6) is 0.0129. The van der Waals surface area contributed by atoms with E-state index in [2.05, 4.69) is 10.6 Å². The second-order valence-corrected chi connectivity index (χ2v) is 5.26. The molecule has 0 radical (unpaired) electrons. The average molecular weight is 269 g/mol. The van der Waals surface area contributed by atoms with Gasteiger partial charge in [-0.05, 0) is 45.4 Å². The monoisotopic (exact) mass is 268 g/mol. The van der Waals surface area contributed by atoms with Crippen molar-refractivity contribution in [3.63, 3.8) is 0 Å². The Hall–Kier alpha value is -1.06. The highest BCUT2D eigenvalue weighted by Crippen LogP contribution is 2.17. The van der Waals surface area contributed by atoms with Gasteiger partial charge in [0.15, 0.2) is 0 Å². The lowest BCUT2D eigenvalue weighted by atomic mass is 10.1. The first-order valence-corrected chi connectivity index (χ1v) is 6.60. The molecule has 0 aliphatic heterocycles. The van der Waals surface area contributed by atoms with Gasteiger partial charge in [-0.2, -0.15) is 0 Å². The van der Waals surface area contributed by atoms with Gasteiger partial charge in [0.2, 0.25) is 5.91 Å². The number of benzene rings is 1. The summed E-state index contributed by atoms with van der Waals surface area (Å²) in [7, 11) is 0. The van der Waals surface area contributed by atoms with Crippen LogP contribution in [0.25, 0.3) is 0 Å². The van der Waals surface area contributed by atoms with Crippen molar-refractivity contribution in [2.45, 2.75) is 45.8 Å². The summed E-state index contributed by atoms with van der Waals surface area (Å²) in [6.07, 6.45) is 0. The number of rotatable bonds is 5. The second kappa shape index (κ2) is 6.76. The molecule has 0 saturated heterocycles. The van der Waals surface area contributed by atoms with Crippen LogP contribution in [0.15, 0.2) is 24.3 Å². The number of carbonyl (C=O) groups is 1. The van der Waals surface area contributed by atoms with Crippen molar-refractivity contribution in [2.24, 2.45) is 0 Å². The van der Waals surface area contributed by atoms with E-state index in [-0.39, 0.29) is 24.0 Å². The highest BCUT2D eigenvalue weighted by molar-refractivity contribution is 6.30. The van der Waals surface area contributed by atoms with Crippen LogP contribution in [0.4, 0.5) is 0 Å². The standard InChI is InChI=1S/C14H21ClN2O/c1-9(2)16-14(18)11(4)17-10(3)12-6-5-7-13(15)8-12/h5-11,17H,1-4H3,(H,16,18)/t10-,11+/m0/s1. The number of hydrogen-bond donors (Lipinski definition) is 2. The molecule has 3 nitrogen and oxygen atoms in total. The molecule has 2 atom stereocenters. The molecule has 0 aromatic heterocycles. The van der Waals surface area contributed by atoms with Gasteiger partial charge in [0.1, 0.15) is 0 Å². The molecular weight excluding hydrogens is 248 g/mol. The van der Waals surface area contributed by atoms with Gasteiger partial charge in [0.25, 0.3) is 0 Å². The van der Waals surface area contributed by atoms with E-state index in [0.29, 0.717) is 5.02 Å². The van der Waals surface area contributed by atoms with E-state index in [1.807, 2.05) is 52.0 Å². The van der Waals surface area contributed by atoms with Gasteiger partial charge >= 0.3 is 0 Å². The van der Waals surface area contributed by atoms with Crippen molar-refractivity contribution in [3.05, 3.63) is 34.9 Å². The van der Waals surface area contributed by atoms with Crippen molar-refractivity contribution in [1.29, 1.82) is 0 Å². The molecule has 1 aromatic carbocycles. The fourth-order valence-corrected chi connectivity index (χ4v) is 1.93. The highest BCUT2D eigenvalue weighted by Gasteiger charge is 2.16. The summed E-state index contributed by atoms with van der Waals surface area (Å²) in [4.78, 5) is 11.8. The van der Waals surface area contributed by atoms with E-state index < -0.39 is 0 Å². The fraction of sp³-hybridized carbons (Fsp3) is 0.500. The van der Waals surface area contributed by atoms with Crippen LogP contribution in [0.3, 0.4) is 0 Å². The minimum absolute atomic E-state index is 0.0129. The third-order valence-electron chi connectivity index (χ3n) is 2.67. The molecule has 18 heavy (non-hydrogen) atoms. The SMILES string of the molecule is CC(C)NC(=O)[C@@H](C)N[C@@H](C)c1cccc(Cl)c1. The first-order chi connectivity index (χ1) is 8.40. The molecule has 0 heterocycles. The Bertz CT molecular complexity index is 407. The second-order valence-electron chi connectivity index (χ2n) is 4.83. The molecule has 0 saturated carbocycles. The van der Waals surface area contributed by atoms with Crippen LogP contribution < -0.4 is 10.6 Å². The minimum Gasteiger partial charge on any atom is -0.353 e. The van der Waals surface area contributed by atoms with Crippen LogP contribution >= 0.6 is 11.6 Å². The molecule has 0 aliphatic rings. The Labute approximate surface area is 114 Å². The predicted molar refractivity (Wildman–Crippen MR) is 75.7 cm³/mol. The third kappa shape index (κ3) is 4.67. The molecule has 1 rings (SSSR count). The van der Waals surface area contributed by atoms with Crippen molar-refractivity contribution in [3.8, 4) is 0 Å². The third-order valence-corrected chi connectivity index (χ3v) is 2.91. The highest BCUT2D eigenvalue weighted by atomic mass is 35.5. The number of halogens is 1. The maximum atomic E-state index is 11.8. The Morgan fingerprint density at radius 1 is 1.22 bits per heavy atom. The lowest BCUT2D eigenvalue weighted by Crippen LogP contribution is -2.45. The van der Waals surface area contributed by atoms with Crippen molar-refractivity contribution < 1.29 is 4.79 Å². The minimum atomic E-state index is -0.235. The largest absolute Gasteiger partial charge is 0.353 e. The van der Waals surface area contributed by atoms with Crippen molar-refractivity contribution >= 4 is 17.5 Å². The first-order valence-electron chi connectivity index (χ1n) is 6.22. The normalized spacial score (nSPS) is 14.3. The lowest BCUT2D eigenvalue weighted by Gasteiger charge is -2.21. The Balaban J connectivity index is 2.59. The van der Waals surface area contributed by atoms with Gasteiger partial charge in [-0.25, -0.2) is 0 Å². The molecule has 0 bridgehead atoms. The summed E-state index contributed by atoms with van der Waals surface area (Å²) >= 11 is 5.95. The van der Waals surface area contributed by atoms with Crippen molar-refractivity contribution in [1.82, 2.24) is 10.6 Å². The number of nitrogens with one attached hydrogen (secondary N) is 2. The van der Waals surface area contributed by atoms with E-state index in [1.54, 1.807) is 0 Å². The summed E-state index contributed by atoms with van der Waals surface area (Å²) in [6, 6.07) is 7.66. The van der Waals surface area contributed by atoms with Crippen molar-refractivity contribution in [2.75, 3.05) is 0 Å². The van der Waals surface area contributed by atoms with Gasteiger partial charge in [0, 0.05) is 17.1 Å². The summed E-state index contributed by atoms with van der Waals surface area (Å²) in [6.45, 7) is 7.78. The van der Waals surface area contributed by atoms with E-state index in [4.69, 9.17) is 11.6 Å². The Morgan fingerprint density at radius 2 is 1.89 bits per heavy atom. The van der Waals surface area contributed by atoms with Crippen LogP contribution in [0.2, 0.25) is 5.02 Å². The Morgan fingerprint density at radius 3 is 2.44 bits per heavy atom. The number of carbonyl (C=O) groups excluding carboxylic acids is 1. The molecule has 100 valence electrons. The smallest absolute Gasteiger partial charge is 0.237 e. The molecule has 0 unspecified atom stereocenters. The molecule has 4 heteroatoms. The first kappa shape index (κ1) is 15.0.